The molecular weight excluding hydrogens is 508 g/mol. The summed E-state index contributed by atoms with van der Waals surface area (Å²) in [7, 11) is -1.82. The van der Waals surface area contributed by atoms with Gasteiger partial charge in [0.1, 0.15) is 5.75 Å². The van der Waals surface area contributed by atoms with E-state index in [2.05, 4.69) is 9.62 Å². The van der Waals surface area contributed by atoms with Gasteiger partial charge in [-0.3, -0.25) is 19.2 Å². The SMILES string of the molecule is CC(=O)N1CCCc2c(OCC(=O)N(C)C(CN3CC[C@H](O)C3)c3ccccc3)ccc(NS(C)(=O)=O)c21. The Morgan fingerprint density at radius 2 is 1.92 bits per heavy atom. The summed E-state index contributed by atoms with van der Waals surface area (Å²) in [4.78, 5) is 31.1. The number of ether oxygens (including phenoxy) is 1. The van der Waals surface area contributed by atoms with Crippen molar-refractivity contribution in [2.24, 2.45) is 0 Å². The van der Waals surface area contributed by atoms with Crippen LogP contribution in [0.2, 0.25) is 0 Å². The number of β-amino-alcohol motifs (C(OH)–C–C–N with tert-alkyl or cyclic N) is 1. The van der Waals surface area contributed by atoms with Crippen LogP contribution in [0.5, 0.6) is 5.75 Å². The third-order valence-corrected chi connectivity index (χ3v) is 7.66. The third kappa shape index (κ3) is 6.64. The van der Waals surface area contributed by atoms with E-state index in [0.29, 0.717) is 55.2 Å². The van der Waals surface area contributed by atoms with Crippen LogP contribution < -0.4 is 14.4 Å². The molecule has 4 rings (SSSR count). The Balaban J connectivity index is 1.55. The molecule has 0 spiro atoms. The summed E-state index contributed by atoms with van der Waals surface area (Å²) >= 11 is 0. The highest BCUT2D eigenvalue weighted by Crippen LogP contribution is 2.41. The maximum Gasteiger partial charge on any atom is 0.260 e. The Labute approximate surface area is 224 Å². The van der Waals surface area contributed by atoms with Gasteiger partial charge in [-0.25, -0.2) is 8.42 Å². The Morgan fingerprint density at radius 1 is 1.18 bits per heavy atom. The molecule has 1 saturated heterocycles. The number of carbonyl (C=O) groups excluding carboxylic acids is 2. The molecule has 1 fully saturated rings. The van der Waals surface area contributed by atoms with Gasteiger partial charge in [-0.05, 0) is 37.0 Å². The van der Waals surface area contributed by atoms with Gasteiger partial charge in [0.25, 0.3) is 5.91 Å². The quantitative estimate of drug-likeness (QED) is 0.496. The number of nitrogens with one attached hydrogen (secondary N) is 1. The number of benzene rings is 2. The molecular formula is C27H36N4O6S. The van der Waals surface area contributed by atoms with Crippen molar-refractivity contribution in [3.05, 3.63) is 53.6 Å². The van der Waals surface area contributed by atoms with E-state index in [0.717, 1.165) is 24.8 Å². The minimum absolute atomic E-state index is 0.201. The summed E-state index contributed by atoms with van der Waals surface area (Å²) < 4.78 is 32.4. The number of sulfonamides is 1. The normalized spacial score (nSPS) is 18.5. The number of likely N-dealkylation sites (tertiary alicyclic amines) is 1. The van der Waals surface area contributed by atoms with Crippen molar-refractivity contribution in [3.8, 4) is 5.75 Å². The van der Waals surface area contributed by atoms with Crippen molar-refractivity contribution < 1.29 is 27.9 Å². The van der Waals surface area contributed by atoms with E-state index in [-0.39, 0.29) is 30.6 Å². The molecule has 10 nitrogen and oxygen atoms in total. The van der Waals surface area contributed by atoms with Crippen molar-refractivity contribution in [2.75, 3.05) is 55.7 Å². The molecule has 2 aliphatic rings. The highest BCUT2D eigenvalue weighted by atomic mass is 32.2. The maximum atomic E-state index is 13.3. The number of fused-ring (bicyclic) bond motifs is 1. The van der Waals surface area contributed by atoms with Crippen molar-refractivity contribution in [2.45, 2.75) is 38.3 Å². The molecule has 1 unspecified atom stereocenters. The number of hydrogen-bond acceptors (Lipinski definition) is 7. The molecule has 11 heteroatoms. The van der Waals surface area contributed by atoms with Crippen molar-refractivity contribution in [1.82, 2.24) is 9.80 Å². The molecule has 2 heterocycles. The predicted molar refractivity (Wildman–Crippen MR) is 146 cm³/mol. The predicted octanol–water partition coefficient (Wildman–Crippen LogP) is 2.00. The zero-order valence-electron chi connectivity index (χ0n) is 22.1. The van der Waals surface area contributed by atoms with E-state index in [9.17, 15) is 23.1 Å². The second kappa shape index (κ2) is 11.7. The molecule has 2 atom stereocenters. The van der Waals surface area contributed by atoms with Crippen LogP contribution in [0, 0.1) is 0 Å². The minimum Gasteiger partial charge on any atom is -0.483 e. The number of aliphatic hydroxyl groups excluding tert-OH is 1. The molecule has 0 aliphatic carbocycles. The lowest BCUT2D eigenvalue weighted by Crippen LogP contribution is -2.41. The lowest BCUT2D eigenvalue weighted by Gasteiger charge is -2.33. The Hall–Kier alpha value is -3.15. The van der Waals surface area contributed by atoms with Crippen LogP contribution in [0.4, 0.5) is 11.4 Å². The average Bonchev–Trinajstić information content (AvgIpc) is 3.30. The first-order valence-electron chi connectivity index (χ1n) is 12.8. The van der Waals surface area contributed by atoms with E-state index in [1.54, 1.807) is 29.0 Å². The highest BCUT2D eigenvalue weighted by molar-refractivity contribution is 7.92. The summed E-state index contributed by atoms with van der Waals surface area (Å²) in [5, 5.41) is 9.97. The van der Waals surface area contributed by atoms with E-state index >= 15 is 0 Å². The molecule has 0 aromatic heterocycles. The minimum atomic E-state index is -3.57. The number of aliphatic hydroxyl groups is 1. The largest absolute Gasteiger partial charge is 0.483 e. The van der Waals surface area contributed by atoms with Crippen molar-refractivity contribution in [3.63, 3.8) is 0 Å². The summed E-state index contributed by atoms with van der Waals surface area (Å²) in [6.07, 6.45) is 2.70. The zero-order chi connectivity index (χ0) is 27.4. The molecule has 38 heavy (non-hydrogen) atoms. The number of carbonyl (C=O) groups is 2. The first kappa shape index (κ1) is 27.9. The number of anilines is 2. The van der Waals surface area contributed by atoms with Crippen LogP contribution in [-0.4, -0.2) is 87.3 Å². The van der Waals surface area contributed by atoms with Crippen LogP contribution in [0.15, 0.2) is 42.5 Å². The molecule has 0 radical (unpaired) electrons. The molecule has 2 aromatic rings. The van der Waals surface area contributed by atoms with Gasteiger partial charge in [0.05, 0.1) is 29.8 Å². The van der Waals surface area contributed by atoms with E-state index < -0.39 is 10.0 Å². The number of nitrogens with zero attached hydrogens (tertiary/aromatic N) is 3. The molecule has 2 aromatic carbocycles. The van der Waals surface area contributed by atoms with Crippen LogP contribution in [0.1, 0.15) is 36.9 Å². The molecule has 2 amide bonds. The Morgan fingerprint density at radius 3 is 2.55 bits per heavy atom. The van der Waals surface area contributed by atoms with Gasteiger partial charge >= 0.3 is 0 Å². The lowest BCUT2D eigenvalue weighted by molar-refractivity contribution is -0.134. The Kier molecular flexibility index (Phi) is 8.59. The monoisotopic (exact) mass is 544 g/mol. The van der Waals surface area contributed by atoms with Crippen LogP contribution in [0.3, 0.4) is 0 Å². The number of hydrogen-bond donors (Lipinski definition) is 2. The number of rotatable bonds is 9. The Bertz CT molecular complexity index is 1270. The molecule has 2 N–H and O–H groups in total. The molecule has 2 aliphatic heterocycles. The van der Waals surface area contributed by atoms with E-state index in [1.807, 2.05) is 30.3 Å². The van der Waals surface area contributed by atoms with Crippen molar-refractivity contribution >= 4 is 33.2 Å². The first-order chi connectivity index (χ1) is 18.0. The van der Waals surface area contributed by atoms with E-state index in [4.69, 9.17) is 4.74 Å². The first-order valence-corrected chi connectivity index (χ1v) is 14.7. The number of amides is 2. The molecule has 0 bridgehead atoms. The van der Waals surface area contributed by atoms with Gasteiger partial charge in [-0.15, -0.1) is 0 Å². The maximum absolute atomic E-state index is 13.3. The lowest BCUT2D eigenvalue weighted by atomic mass is 9.99. The third-order valence-electron chi connectivity index (χ3n) is 7.07. The fourth-order valence-electron chi connectivity index (χ4n) is 5.19. The average molecular weight is 545 g/mol. The fraction of sp³-hybridized carbons (Fsp3) is 0.481. The van der Waals surface area contributed by atoms with Crippen LogP contribution in [-0.2, 0) is 26.0 Å². The van der Waals surface area contributed by atoms with Gasteiger partial charge in [0.2, 0.25) is 15.9 Å². The van der Waals surface area contributed by atoms with Gasteiger partial charge in [0, 0.05) is 45.7 Å². The van der Waals surface area contributed by atoms with Gasteiger partial charge in [0.15, 0.2) is 6.61 Å². The second-order valence-electron chi connectivity index (χ2n) is 10.0. The van der Waals surface area contributed by atoms with Crippen LogP contribution in [0.25, 0.3) is 0 Å². The highest BCUT2D eigenvalue weighted by Gasteiger charge is 2.30. The second-order valence-corrected chi connectivity index (χ2v) is 11.8. The summed E-state index contributed by atoms with van der Waals surface area (Å²) in [5.41, 5.74) is 2.48. The fourth-order valence-corrected chi connectivity index (χ4v) is 5.75. The molecule has 206 valence electrons. The summed E-state index contributed by atoms with van der Waals surface area (Å²) in [6.45, 7) is 3.64. The smallest absolute Gasteiger partial charge is 0.260 e. The summed E-state index contributed by atoms with van der Waals surface area (Å²) in [6, 6.07) is 12.8. The zero-order valence-corrected chi connectivity index (χ0v) is 22.9. The van der Waals surface area contributed by atoms with Gasteiger partial charge < -0.3 is 19.6 Å². The standard InChI is InChI=1S/C27H36N4O6S/c1-19(32)31-14-7-10-22-25(12-11-23(27(22)31)28-38(3,35)36)37-18-26(34)29(2)24(20-8-5-4-6-9-20)17-30-15-13-21(33)16-30/h4-6,8-9,11-12,21,24,28,33H,7,10,13-18H2,1-3H3/t21-,24?/m0/s1. The van der Waals surface area contributed by atoms with Crippen molar-refractivity contribution in [1.29, 1.82) is 0 Å². The van der Waals surface area contributed by atoms with Gasteiger partial charge in [-0.2, -0.15) is 0 Å². The molecule has 0 saturated carbocycles. The summed E-state index contributed by atoms with van der Waals surface area (Å²) in [5.74, 6) is 0.0313. The number of likely N-dealkylation sites (N-methyl/N-ethyl adjacent to an activating group) is 1. The van der Waals surface area contributed by atoms with E-state index in [1.165, 1.54) is 6.92 Å². The van der Waals surface area contributed by atoms with Gasteiger partial charge in [-0.1, -0.05) is 30.3 Å². The topological polar surface area (TPSA) is 119 Å². The van der Waals surface area contributed by atoms with Crippen LogP contribution >= 0.6 is 0 Å².